The first-order valence-corrected chi connectivity index (χ1v) is 8.28. The molecule has 2 aliphatic rings. The normalized spacial score (nSPS) is 26.5. The van der Waals surface area contributed by atoms with E-state index in [9.17, 15) is 4.79 Å². The van der Waals surface area contributed by atoms with Gasteiger partial charge in [-0.05, 0) is 31.9 Å². The molecule has 0 amide bonds. The number of halogens is 2. The summed E-state index contributed by atoms with van der Waals surface area (Å²) in [5.74, 6) is -1.16. The van der Waals surface area contributed by atoms with Gasteiger partial charge in [-0.1, -0.05) is 29.3 Å². The summed E-state index contributed by atoms with van der Waals surface area (Å²) in [4.78, 5) is 12.3. The van der Waals surface area contributed by atoms with Gasteiger partial charge in [-0.15, -0.1) is 0 Å². The van der Waals surface area contributed by atoms with Crippen LogP contribution in [0.3, 0.4) is 0 Å². The average molecular weight is 345 g/mol. The second-order valence-electron chi connectivity index (χ2n) is 5.58. The first-order valence-electron chi connectivity index (χ1n) is 7.52. The smallest absolute Gasteiger partial charge is 0.338 e. The molecule has 1 aliphatic heterocycles. The summed E-state index contributed by atoms with van der Waals surface area (Å²) < 4.78 is 17.3. The molecule has 1 heterocycles. The predicted octanol–water partition coefficient (Wildman–Crippen LogP) is 4.28. The summed E-state index contributed by atoms with van der Waals surface area (Å²) in [6, 6.07) is 5.22. The van der Waals surface area contributed by atoms with Crippen LogP contribution in [0.25, 0.3) is 0 Å². The maximum atomic E-state index is 12.3. The number of hydrogen-bond donors (Lipinski definition) is 0. The van der Waals surface area contributed by atoms with Crippen molar-refractivity contribution >= 4 is 29.2 Å². The SMILES string of the molecule is CCOC(=O)[C@@H]1OC2(CCCC2)O[C@H]1c1c(Cl)cccc1Cl. The minimum absolute atomic E-state index is 0.286. The Bertz CT molecular complexity index is 549. The monoisotopic (exact) mass is 344 g/mol. The van der Waals surface area contributed by atoms with Gasteiger partial charge in [0.1, 0.15) is 6.10 Å². The van der Waals surface area contributed by atoms with Crippen molar-refractivity contribution in [2.75, 3.05) is 6.61 Å². The van der Waals surface area contributed by atoms with Crippen LogP contribution in [-0.4, -0.2) is 24.5 Å². The lowest BCUT2D eigenvalue weighted by molar-refractivity contribution is -0.181. The third kappa shape index (κ3) is 2.85. The number of ether oxygens (including phenoxy) is 3. The maximum Gasteiger partial charge on any atom is 0.338 e. The molecule has 0 N–H and O–H groups in total. The second kappa shape index (κ2) is 6.36. The second-order valence-corrected chi connectivity index (χ2v) is 6.40. The Morgan fingerprint density at radius 1 is 1.27 bits per heavy atom. The van der Waals surface area contributed by atoms with Crippen LogP contribution in [0.5, 0.6) is 0 Å². The molecule has 1 saturated carbocycles. The lowest BCUT2D eigenvalue weighted by atomic mass is 10.0. The van der Waals surface area contributed by atoms with Gasteiger partial charge in [0.2, 0.25) is 0 Å². The van der Waals surface area contributed by atoms with Gasteiger partial charge in [0, 0.05) is 28.5 Å². The number of benzene rings is 1. The van der Waals surface area contributed by atoms with Gasteiger partial charge in [0.05, 0.1) is 6.61 Å². The van der Waals surface area contributed by atoms with E-state index in [0.717, 1.165) is 25.7 Å². The van der Waals surface area contributed by atoms with Crippen molar-refractivity contribution in [1.29, 1.82) is 0 Å². The van der Waals surface area contributed by atoms with Crippen molar-refractivity contribution in [3.8, 4) is 0 Å². The fraction of sp³-hybridized carbons (Fsp3) is 0.562. The van der Waals surface area contributed by atoms with Crippen molar-refractivity contribution in [1.82, 2.24) is 0 Å². The fourth-order valence-corrected chi connectivity index (χ4v) is 3.76. The molecule has 2 atom stereocenters. The van der Waals surface area contributed by atoms with Gasteiger partial charge in [-0.25, -0.2) is 4.79 Å². The van der Waals surface area contributed by atoms with Crippen molar-refractivity contribution in [2.45, 2.75) is 50.6 Å². The first kappa shape index (κ1) is 16.1. The van der Waals surface area contributed by atoms with E-state index in [4.69, 9.17) is 37.4 Å². The number of esters is 1. The van der Waals surface area contributed by atoms with Crippen LogP contribution in [0.4, 0.5) is 0 Å². The van der Waals surface area contributed by atoms with Crippen LogP contribution in [0.15, 0.2) is 18.2 Å². The molecule has 0 radical (unpaired) electrons. The maximum absolute atomic E-state index is 12.3. The number of rotatable bonds is 3. The van der Waals surface area contributed by atoms with E-state index in [2.05, 4.69) is 0 Å². The van der Waals surface area contributed by atoms with E-state index in [0.29, 0.717) is 15.6 Å². The number of carbonyl (C=O) groups is 1. The van der Waals surface area contributed by atoms with Gasteiger partial charge in [0.25, 0.3) is 0 Å². The predicted molar refractivity (Wildman–Crippen MR) is 83.0 cm³/mol. The Morgan fingerprint density at radius 2 is 1.91 bits per heavy atom. The zero-order chi connectivity index (χ0) is 15.7. The molecule has 0 aromatic heterocycles. The van der Waals surface area contributed by atoms with Gasteiger partial charge < -0.3 is 14.2 Å². The lowest BCUT2D eigenvalue weighted by Gasteiger charge is -2.22. The number of carbonyl (C=O) groups excluding carboxylic acids is 1. The summed E-state index contributed by atoms with van der Waals surface area (Å²) in [6.45, 7) is 2.05. The minimum Gasteiger partial charge on any atom is -0.464 e. The van der Waals surface area contributed by atoms with Gasteiger partial charge in [-0.2, -0.15) is 0 Å². The summed E-state index contributed by atoms with van der Waals surface area (Å²) in [7, 11) is 0. The van der Waals surface area contributed by atoms with E-state index in [1.165, 1.54) is 0 Å². The Balaban J connectivity index is 1.97. The van der Waals surface area contributed by atoms with Gasteiger partial charge >= 0.3 is 5.97 Å². The highest BCUT2D eigenvalue weighted by Crippen LogP contribution is 2.49. The van der Waals surface area contributed by atoms with Crippen LogP contribution >= 0.6 is 23.2 Å². The molecule has 0 unspecified atom stereocenters. The molecule has 6 heteroatoms. The first-order chi connectivity index (χ1) is 10.6. The average Bonchev–Trinajstić information content (AvgIpc) is 3.07. The molecule has 120 valence electrons. The van der Waals surface area contributed by atoms with Crippen molar-refractivity contribution in [3.05, 3.63) is 33.8 Å². The molecule has 1 aromatic carbocycles. The largest absolute Gasteiger partial charge is 0.464 e. The highest BCUT2D eigenvalue weighted by atomic mass is 35.5. The van der Waals surface area contributed by atoms with Crippen molar-refractivity contribution < 1.29 is 19.0 Å². The van der Waals surface area contributed by atoms with Crippen molar-refractivity contribution in [2.24, 2.45) is 0 Å². The fourth-order valence-electron chi connectivity index (χ4n) is 3.15. The molecule has 4 nitrogen and oxygen atoms in total. The molecular weight excluding hydrogens is 327 g/mol. The van der Waals surface area contributed by atoms with E-state index in [1.807, 2.05) is 0 Å². The molecule has 1 aliphatic carbocycles. The topological polar surface area (TPSA) is 44.8 Å². The van der Waals surface area contributed by atoms with Crippen LogP contribution < -0.4 is 0 Å². The molecule has 1 saturated heterocycles. The third-order valence-corrected chi connectivity index (χ3v) is 4.79. The molecular formula is C16H18Cl2O4. The van der Waals surface area contributed by atoms with E-state index in [-0.39, 0.29) is 6.61 Å². The summed E-state index contributed by atoms with van der Waals surface area (Å²) in [5, 5.41) is 0.927. The Labute approximate surface area is 139 Å². The van der Waals surface area contributed by atoms with Crippen molar-refractivity contribution in [3.63, 3.8) is 0 Å². The van der Waals surface area contributed by atoms with Crippen LogP contribution in [0.1, 0.15) is 44.3 Å². The zero-order valence-electron chi connectivity index (χ0n) is 12.3. The molecule has 0 bridgehead atoms. The highest BCUT2D eigenvalue weighted by molar-refractivity contribution is 6.36. The summed E-state index contributed by atoms with van der Waals surface area (Å²) >= 11 is 12.6. The molecule has 1 spiro atoms. The quantitative estimate of drug-likeness (QED) is 0.767. The van der Waals surface area contributed by atoms with Crippen LogP contribution in [0, 0.1) is 0 Å². The van der Waals surface area contributed by atoms with Crippen LogP contribution in [0.2, 0.25) is 10.0 Å². The van der Waals surface area contributed by atoms with Gasteiger partial charge in [-0.3, -0.25) is 0 Å². The molecule has 22 heavy (non-hydrogen) atoms. The molecule has 1 aromatic rings. The standard InChI is InChI=1S/C16H18Cl2O4/c1-2-20-15(19)14-13(12-10(17)6-5-7-11(12)18)21-16(22-14)8-3-4-9-16/h5-7,13-14H,2-4,8-9H2,1H3/t13-,14+/m0/s1. The lowest BCUT2D eigenvalue weighted by Crippen LogP contribution is -2.31. The van der Waals surface area contributed by atoms with E-state index >= 15 is 0 Å². The summed E-state index contributed by atoms with van der Waals surface area (Å²) in [5.41, 5.74) is 0.590. The molecule has 2 fully saturated rings. The van der Waals surface area contributed by atoms with Crippen LogP contribution in [-0.2, 0) is 19.0 Å². The van der Waals surface area contributed by atoms with Gasteiger partial charge in [0.15, 0.2) is 11.9 Å². The Kier molecular flexibility index (Phi) is 4.64. The highest BCUT2D eigenvalue weighted by Gasteiger charge is 2.53. The Hall–Kier alpha value is -0.810. The number of hydrogen-bond acceptors (Lipinski definition) is 4. The Morgan fingerprint density at radius 3 is 2.50 bits per heavy atom. The minimum atomic E-state index is -0.838. The van der Waals surface area contributed by atoms with E-state index in [1.54, 1.807) is 25.1 Å². The molecule has 3 rings (SSSR count). The third-order valence-electron chi connectivity index (χ3n) is 4.13. The zero-order valence-corrected chi connectivity index (χ0v) is 13.8. The van der Waals surface area contributed by atoms with E-state index < -0.39 is 24.0 Å². The summed E-state index contributed by atoms with van der Waals surface area (Å²) in [6.07, 6.45) is 2.08.